The lowest BCUT2D eigenvalue weighted by atomic mass is 10.2. The molecule has 0 aliphatic heterocycles. The van der Waals surface area contributed by atoms with Crippen molar-refractivity contribution >= 4 is 28.7 Å². The summed E-state index contributed by atoms with van der Waals surface area (Å²) >= 11 is 1.71. The highest BCUT2D eigenvalue weighted by Gasteiger charge is 2.32. The number of hydrogen-bond acceptors (Lipinski definition) is 7. The highest BCUT2D eigenvalue weighted by atomic mass is 32.2. The van der Waals surface area contributed by atoms with Gasteiger partial charge in [-0.15, -0.1) is 0 Å². The number of anilines is 1. The molecule has 0 spiro atoms. The second-order valence-corrected chi connectivity index (χ2v) is 9.04. The monoisotopic (exact) mass is 447 g/mol. The molecule has 8 heteroatoms. The van der Waals surface area contributed by atoms with Crippen LogP contribution in [0, 0.1) is 0 Å². The maximum atomic E-state index is 10.2. The molecule has 1 aliphatic carbocycles. The number of aliphatic hydroxyl groups excluding tert-OH is 1. The number of nitrogens with zero attached hydrogens (tertiary/aromatic N) is 3. The number of aromatic amines is 1. The van der Waals surface area contributed by atoms with Crippen molar-refractivity contribution in [1.82, 2.24) is 19.9 Å². The van der Waals surface area contributed by atoms with Gasteiger partial charge in [0.15, 0.2) is 11.5 Å². The number of ether oxygens (including phenoxy) is 1. The minimum atomic E-state index is -0.292. The highest BCUT2D eigenvalue weighted by Crippen LogP contribution is 2.32. The molecule has 1 fully saturated rings. The van der Waals surface area contributed by atoms with Crippen molar-refractivity contribution in [3.05, 3.63) is 66.5 Å². The molecule has 3 atom stereocenters. The van der Waals surface area contributed by atoms with Gasteiger partial charge >= 0.3 is 0 Å². The Kier molecular flexibility index (Phi) is 5.96. The topological polar surface area (TPSA) is 96.0 Å². The molecule has 0 saturated heterocycles. The number of aliphatic hydroxyl groups is 1. The maximum Gasteiger partial charge on any atom is 0.183 e. The molecule has 164 valence electrons. The number of fused-ring (bicyclic) bond motifs is 1. The van der Waals surface area contributed by atoms with E-state index in [2.05, 4.69) is 25.3 Å². The molecule has 2 heterocycles. The van der Waals surface area contributed by atoms with Crippen LogP contribution in [0.2, 0.25) is 0 Å². The van der Waals surface area contributed by atoms with Gasteiger partial charge in [-0.05, 0) is 48.9 Å². The van der Waals surface area contributed by atoms with Crippen LogP contribution in [0.1, 0.15) is 18.4 Å². The zero-order chi connectivity index (χ0) is 21.9. The molecule has 4 aromatic rings. The van der Waals surface area contributed by atoms with Gasteiger partial charge in [0.25, 0.3) is 0 Å². The lowest BCUT2D eigenvalue weighted by Gasteiger charge is -2.13. The minimum Gasteiger partial charge on any atom is -0.489 e. The van der Waals surface area contributed by atoms with E-state index in [0.717, 1.165) is 40.5 Å². The van der Waals surface area contributed by atoms with Crippen LogP contribution in [0.5, 0.6) is 5.75 Å². The van der Waals surface area contributed by atoms with Crippen LogP contribution in [-0.4, -0.2) is 48.7 Å². The molecule has 1 saturated carbocycles. The van der Waals surface area contributed by atoms with Gasteiger partial charge < -0.3 is 20.1 Å². The van der Waals surface area contributed by atoms with Crippen LogP contribution in [0.25, 0.3) is 22.6 Å². The number of rotatable bonds is 7. The normalized spacial score (nSPS) is 20.5. The van der Waals surface area contributed by atoms with Crippen LogP contribution in [-0.2, 0) is 6.61 Å². The quantitative estimate of drug-likeness (QED) is 0.389. The van der Waals surface area contributed by atoms with E-state index in [1.807, 2.05) is 60.9 Å². The summed E-state index contributed by atoms with van der Waals surface area (Å²) in [6.07, 6.45) is 4.88. The third-order valence-electron chi connectivity index (χ3n) is 5.78. The molecular formula is C24H25N5O2S. The molecule has 3 N–H and O–H groups in total. The molecule has 2 aromatic heterocycles. The van der Waals surface area contributed by atoms with Gasteiger partial charge in [0.1, 0.15) is 30.0 Å². The average molecular weight is 448 g/mol. The largest absolute Gasteiger partial charge is 0.489 e. The Morgan fingerprint density at radius 3 is 2.66 bits per heavy atom. The Bertz CT molecular complexity index is 1180. The highest BCUT2D eigenvalue weighted by molar-refractivity contribution is 7.99. The molecule has 1 aliphatic rings. The van der Waals surface area contributed by atoms with Gasteiger partial charge in [0.05, 0.1) is 6.10 Å². The summed E-state index contributed by atoms with van der Waals surface area (Å²) in [5.41, 5.74) is 3.46. The van der Waals surface area contributed by atoms with Crippen LogP contribution in [0.4, 0.5) is 5.82 Å². The van der Waals surface area contributed by atoms with Gasteiger partial charge in [-0.2, -0.15) is 11.8 Å². The lowest BCUT2D eigenvalue weighted by molar-refractivity contribution is 0.187. The van der Waals surface area contributed by atoms with Gasteiger partial charge in [0.2, 0.25) is 0 Å². The standard InChI is InChI=1S/C24H25N5O2S/c1-32-20-12-17(11-19(20)30)27-23-21-24(26-14-25-23)29-22(28-21)16-7-9-18(10-8-16)31-13-15-5-3-2-4-6-15/h2-10,14,17,19-20,30H,11-13H2,1H3,(H2,25,26,27,28,29)/t17-,19+,20+/m1/s1. The fraction of sp³-hybridized carbons (Fsp3) is 0.292. The SMILES string of the molecule is CS[C@H]1C[C@H](Nc2ncnc3nc(-c4ccc(OCc5ccccc5)cc4)[nH]c23)C[C@@H]1O. The molecule has 32 heavy (non-hydrogen) atoms. The third kappa shape index (κ3) is 4.42. The van der Waals surface area contributed by atoms with E-state index in [1.165, 1.54) is 6.33 Å². The van der Waals surface area contributed by atoms with Crippen molar-refractivity contribution in [2.75, 3.05) is 11.6 Å². The summed E-state index contributed by atoms with van der Waals surface area (Å²) in [6.45, 7) is 0.530. The minimum absolute atomic E-state index is 0.174. The smallest absolute Gasteiger partial charge is 0.183 e. The van der Waals surface area contributed by atoms with E-state index in [4.69, 9.17) is 4.74 Å². The molecular weight excluding hydrogens is 422 g/mol. The fourth-order valence-electron chi connectivity index (χ4n) is 4.07. The fourth-order valence-corrected chi connectivity index (χ4v) is 4.92. The maximum absolute atomic E-state index is 10.2. The second kappa shape index (κ2) is 9.18. The number of aromatic nitrogens is 4. The molecule has 0 bridgehead atoms. The molecule has 0 radical (unpaired) electrons. The predicted octanol–water partition coefficient (Wildman–Crippen LogP) is 4.27. The number of nitrogens with one attached hydrogen (secondary N) is 2. The molecule has 0 amide bonds. The first-order valence-electron chi connectivity index (χ1n) is 10.6. The predicted molar refractivity (Wildman–Crippen MR) is 128 cm³/mol. The summed E-state index contributed by atoms with van der Waals surface area (Å²) in [4.78, 5) is 16.7. The van der Waals surface area contributed by atoms with Crippen LogP contribution in [0.15, 0.2) is 60.9 Å². The first kappa shape index (κ1) is 20.8. The summed E-state index contributed by atoms with van der Waals surface area (Å²) in [5, 5.41) is 13.9. The number of benzene rings is 2. The molecule has 0 unspecified atom stereocenters. The summed E-state index contributed by atoms with van der Waals surface area (Å²) in [6, 6.07) is 18.1. The number of H-pyrrole nitrogens is 1. The Labute approximate surface area is 190 Å². The van der Waals surface area contributed by atoms with E-state index >= 15 is 0 Å². The summed E-state index contributed by atoms with van der Waals surface area (Å²) in [5.74, 6) is 2.25. The van der Waals surface area contributed by atoms with Crippen molar-refractivity contribution in [3.63, 3.8) is 0 Å². The number of thioether (sulfide) groups is 1. The Morgan fingerprint density at radius 1 is 1.09 bits per heavy atom. The Morgan fingerprint density at radius 2 is 1.91 bits per heavy atom. The van der Waals surface area contributed by atoms with E-state index in [1.54, 1.807) is 11.8 Å². The molecule has 2 aromatic carbocycles. The zero-order valence-electron chi connectivity index (χ0n) is 17.7. The van der Waals surface area contributed by atoms with Crippen molar-refractivity contribution < 1.29 is 9.84 Å². The second-order valence-electron chi connectivity index (χ2n) is 7.96. The van der Waals surface area contributed by atoms with Crippen molar-refractivity contribution in [2.24, 2.45) is 0 Å². The van der Waals surface area contributed by atoms with E-state index < -0.39 is 0 Å². The van der Waals surface area contributed by atoms with E-state index in [-0.39, 0.29) is 17.4 Å². The van der Waals surface area contributed by atoms with Crippen LogP contribution < -0.4 is 10.1 Å². The average Bonchev–Trinajstić information content (AvgIpc) is 3.42. The summed E-state index contributed by atoms with van der Waals surface area (Å²) < 4.78 is 5.88. The van der Waals surface area contributed by atoms with Crippen molar-refractivity contribution in [2.45, 2.75) is 36.8 Å². The van der Waals surface area contributed by atoms with Crippen molar-refractivity contribution in [3.8, 4) is 17.1 Å². The van der Waals surface area contributed by atoms with Gasteiger partial charge in [-0.1, -0.05) is 30.3 Å². The van der Waals surface area contributed by atoms with Crippen LogP contribution >= 0.6 is 11.8 Å². The van der Waals surface area contributed by atoms with Gasteiger partial charge in [0, 0.05) is 16.9 Å². The summed E-state index contributed by atoms with van der Waals surface area (Å²) in [7, 11) is 0. The first-order chi connectivity index (χ1) is 15.7. The zero-order valence-corrected chi connectivity index (χ0v) is 18.5. The lowest BCUT2D eigenvalue weighted by Crippen LogP contribution is -2.17. The van der Waals surface area contributed by atoms with Crippen LogP contribution in [0.3, 0.4) is 0 Å². The van der Waals surface area contributed by atoms with E-state index in [0.29, 0.717) is 18.7 Å². The van der Waals surface area contributed by atoms with E-state index in [9.17, 15) is 5.11 Å². The van der Waals surface area contributed by atoms with Crippen molar-refractivity contribution in [1.29, 1.82) is 0 Å². The third-order valence-corrected chi connectivity index (χ3v) is 6.89. The van der Waals surface area contributed by atoms with Gasteiger partial charge in [-0.25, -0.2) is 15.0 Å². The molecule has 7 nitrogen and oxygen atoms in total. The first-order valence-corrected chi connectivity index (χ1v) is 11.9. The molecule has 5 rings (SSSR count). The Balaban J connectivity index is 1.31. The Hall–Kier alpha value is -3.10. The van der Waals surface area contributed by atoms with Gasteiger partial charge in [-0.3, -0.25) is 0 Å². The number of imidazole rings is 1. The number of hydrogen-bond donors (Lipinski definition) is 3.